The van der Waals surface area contributed by atoms with E-state index in [0.717, 1.165) is 23.3 Å². The topological polar surface area (TPSA) is 77.2 Å². The van der Waals surface area contributed by atoms with Crippen molar-refractivity contribution < 1.29 is 13.9 Å². The Morgan fingerprint density at radius 3 is 2.78 bits per heavy atom. The number of aromatic nitrogens is 2. The van der Waals surface area contributed by atoms with Gasteiger partial charge in [0.1, 0.15) is 5.75 Å². The first kappa shape index (κ1) is 19.3. The molecule has 0 radical (unpaired) electrons. The summed E-state index contributed by atoms with van der Waals surface area (Å²) in [7, 11) is 1.61. The van der Waals surface area contributed by atoms with Crippen molar-refractivity contribution in [2.45, 2.75) is 11.6 Å². The standard InChI is InChI=1S/C19H18ClN3O3S/c1-25-16-7-5-14(6-8-16)18-22-23-19(26-18)27-12-17(24)21-10-9-13-3-2-4-15(20)11-13/h2-8,11H,9-10,12H2,1H3,(H,21,24). The third kappa shape index (κ3) is 5.74. The SMILES string of the molecule is COc1ccc(-c2nnc(SCC(=O)NCCc3cccc(Cl)c3)o2)cc1. The molecule has 3 rings (SSSR count). The molecule has 2 aromatic carbocycles. The van der Waals surface area contributed by atoms with E-state index in [9.17, 15) is 4.79 Å². The Kier molecular flexibility index (Phi) is 6.73. The number of hydrogen-bond donors (Lipinski definition) is 1. The van der Waals surface area contributed by atoms with E-state index >= 15 is 0 Å². The van der Waals surface area contributed by atoms with E-state index in [1.807, 2.05) is 48.5 Å². The second kappa shape index (κ2) is 9.43. The highest BCUT2D eigenvalue weighted by molar-refractivity contribution is 7.99. The fourth-order valence-electron chi connectivity index (χ4n) is 2.34. The van der Waals surface area contributed by atoms with Gasteiger partial charge in [-0.3, -0.25) is 4.79 Å². The number of hydrogen-bond acceptors (Lipinski definition) is 6. The number of nitrogens with one attached hydrogen (secondary N) is 1. The summed E-state index contributed by atoms with van der Waals surface area (Å²) in [6.07, 6.45) is 0.721. The lowest BCUT2D eigenvalue weighted by Crippen LogP contribution is -2.27. The van der Waals surface area contributed by atoms with Gasteiger partial charge >= 0.3 is 0 Å². The van der Waals surface area contributed by atoms with E-state index in [1.54, 1.807) is 7.11 Å². The summed E-state index contributed by atoms with van der Waals surface area (Å²) in [4.78, 5) is 12.0. The van der Waals surface area contributed by atoms with Crippen LogP contribution in [-0.2, 0) is 11.2 Å². The monoisotopic (exact) mass is 403 g/mol. The van der Waals surface area contributed by atoms with Crippen LogP contribution >= 0.6 is 23.4 Å². The number of amides is 1. The normalized spacial score (nSPS) is 10.6. The number of halogens is 1. The molecule has 140 valence electrons. The third-order valence-electron chi connectivity index (χ3n) is 3.70. The Hall–Kier alpha value is -2.51. The molecule has 1 amide bonds. The predicted molar refractivity (Wildman–Crippen MR) is 105 cm³/mol. The molecule has 0 fully saturated rings. The fourth-order valence-corrected chi connectivity index (χ4v) is 3.14. The predicted octanol–water partition coefficient (Wildman–Crippen LogP) is 3.85. The Morgan fingerprint density at radius 1 is 1.22 bits per heavy atom. The smallest absolute Gasteiger partial charge is 0.277 e. The fraction of sp³-hybridized carbons (Fsp3) is 0.211. The molecule has 0 saturated carbocycles. The summed E-state index contributed by atoms with van der Waals surface area (Å²) in [6, 6.07) is 14.9. The third-order valence-corrected chi connectivity index (χ3v) is 4.75. The Labute approximate surface area is 166 Å². The van der Waals surface area contributed by atoms with Crippen molar-refractivity contribution in [2.24, 2.45) is 0 Å². The van der Waals surface area contributed by atoms with E-state index in [2.05, 4.69) is 15.5 Å². The number of thioether (sulfide) groups is 1. The van der Waals surface area contributed by atoms with Gasteiger partial charge in [-0.1, -0.05) is 35.5 Å². The van der Waals surface area contributed by atoms with E-state index in [4.69, 9.17) is 20.8 Å². The van der Waals surface area contributed by atoms with Crippen molar-refractivity contribution in [1.29, 1.82) is 0 Å². The van der Waals surface area contributed by atoms with Gasteiger partial charge in [0.15, 0.2) is 0 Å². The zero-order valence-corrected chi connectivity index (χ0v) is 16.2. The van der Waals surface area contributed by atoms with Gasteiger partial charge in [-0.25, -0.2) is 0 Å². The second-order valence-electron chi connectivity index (χ2n) is 5.62. The van der Waals surface area contributed by atoms with Crippen LogP contribution in [0.1, 0.15) is 5.56 Å². The minimum atomic E-state index is -0.0915. The Balaban J connectivity index is 1.44. The number of methoxy groups -OCH3 is 1. The summed E-state index contributed by atoms with van der Waals surface area (Å²) in [5.41, 5.74) is 1.87. The molecular weight excluding hydrogens is 386 g/mol. The number of rotatable bonds is 8. The van der Waals surface area contributed by atoms with Crippen molar-refractivity contribution >= 4 is 29.3 Å². The van der Waals surface area contributed by atoms with Crippen LogP contribution in [0.3, 0.4) is 0 Å². The lowest BCUT2D eigenvalue weighted by atomic mass is 10.1. The maximum absolute atomic E-state index is 12.0. The molecule has 1 aromatic heterocycles. The summed E-state index contributed by atoms with van der Waals surface area (Å²) >= 11 is 7.15. The van der Waals surface area contributed by atoms with Gasteiger partial charge in [0.25, 0.3) is 5.22 Å². The summed E-state index contributed by atoms with van der Waals surface area (Å²) in [5, 5.41) is 11.9. The van der Waals surface area contributed by atoms with Gasteiger partial charge in [0, 0.05) is 17.1 Å². The number of benzene rings is 2. The maximum atomic E-state index is 12.0. The van der Waals surface area contributed by atoms with E-state index in [1.165, 1.54) is 11.8 Å². The molecule has 0 atom stereocenters. The molecule has 6 nitrogen and oxygen atoms in total. The van der Waals surface area contributed by atoms with Gasteiger partial charge < -0.3 is 14.5 Å². The van der Waals surface area contributed by atoms with Crippen LogP contribution in [0, 0.1) is 0 Å². The van der Waals surface area contributed by atoms with Crippen molar-refractivity contribution in [1.82, 2.24) is 15.5 Å². The minimum Gasteiger partial charge on any atom is -0.497 e. The molecule has 0 spiro atoms. The Morgan fingerprint density at radius 2 is 2.04 bits per heavy atom. The lowest BCUT2D eigenvalue weighted by molar-refractivity contribution is -0.118. The Bertz CT molecular complexity index is 899. The van der Waals surface area contributed by atoms with Crippen LogP contribution in [0.5, 0.6) is 5.75 Å². The maximum Gasteiger partial charge on any atom is 0.277 e. The zero-order valence-electron chi connectivity index (χ0n) is 14.6. The van der Waals surface area contributed by atoms with Crippen LogP contribution in [-0.4, -0.2) is 35.5 Å². The summed E-state index contributed by atoms with van der Waals surface area (Å²) < 4.78 is 10.7. The van der Waals surface area contributed by atoms with Crippen molar-refractivity contribution in [2.75, 3.05) is 19.4 Å². The highest BCUT2D eigenvalue weighted by atomic mass is 35.5. The van der Waals surface area contributed by atoms with Crippen molar-refractivity contribution in [3.05, 3.63) is 59.1 Å². The van der Waals surface area contributed by atoms with Crippen LogP contribution < -0.4 is 10.1 Å². The molecule has 0 unspecified atom stereocenters. The molecule has 0 saturated heterocycles. The molecule has 0 aliphatic rings. The number of nitrogens with zero attached hydrogens (tertiary/aromatic N) is 2. The quantitative estimate of drug-likeness (QED) is 0.575. The van der Waals surface area contributed by atoms with Crippen molar-refractivity contribution in [3.8, 4) is 17.2 Å². The summed E-state index contributed by atoms with van der Waals surface area (Å²) in [5.74, 6) is 1.27. The summed E-state index contributed by atoms with van der Waals surface area (Å²) in [6.45, 7) is 0.542. The van der Waals surface area contributed by atoms with Crippen LogP contribution in [0.15, 0.2) is 58.2 Å². The van der Waals surface area contributed by atoms with Crippen LogP contribution in [0.4, 0.5) is 0 Å². The van der Waals surface area contributed by atoms with E-state index in [0.29, 0.717) is 22.7 Å². The first-order valence-corrected chi connectivity index (χ1v) is 9.62. The van der Waals surface area contributed by atoms with Gasteiger partial charge in [0.05, 0.1) is 12.9 Å². The molecule has 0 aliphatic carbocycles. The molecule has 1 N–H and O–H groups in total. The number of carbonyl (C=O) groups is 1. The largest absolute Gasteiger partial charge is 0.497 e. The lowest BCUT2D eigenvalue weighted by Gasteiger charge is -2.04. The molecule has 8 heteroatoms. The molecule has 3 aromatic rings. The van der Waals surface area contributed by atoms with E-state index in [-0.39, 0.29) is 11.7 Å². The van der Waals surface area contributed by atoms with Crippen LogP contribution in [0.25, 0.3) is 11.5 Å². The molecule has 27 heavy (non-hydrogen) atoms. The zero-order chi connectivity index (χ0) is 19.1. The minimum absolute atomic E-state index is 0.0915. The first-order chi connectivity index (χ1) is 13.1. The molecular formula is C19H18ClN3O3S. The molecule has 1 heterocycles. The highest BCUT2D eigenvalue weighted by Gasteiger charge is 2.11. The van der Waals surface area contributed by atoms with Crippen LogP contribution in [0.2, 0.25) is 5.02 Å². The highest BCUT2D eigenvalue weighted by Crippen LogP contribution is 2.24. The average molecular weight is 404 g/mol. The number of carbonyl (C=O) groups excluding carboxylic acids is 1. The van der Waals surface area contributed by atoms with Crippen molar-refractivity contribution in [3.63, 3.8) is 0 Å². The molecule has 0 aliphatic heterocycles. The van der Waals surface area contributed by atoms with E-state index < -0.39 is 0 Å². The van der Waals surface area contributed by atoms with Gasteiger partial charge in [-0.2, -0.15) is 0 Å². The number of ether oxygens (including phenoxy) is 1. The van der Waals surface area contributed by atoms with Gasteiger partial charge in [-0.15, -0.1) is 10.2 Å². The van der Waals surface area contributed by atoms with Gasteiger partial charge in [-0.05, 0) is 48.4 Å². The molecule has 0 bridgehead atoms. The first-order valence-electron chi connectivity index (χ1n) is 8.26. The average Bonchev–Trinajstić information content (AvgIpc) is 3.16. The van der Waals surface area contributed by atoms with Gasteiger partial charge in [0.2, 0.25) is 11.8 Å². The second-order valence-corrected chi connectivity index (χ2v) is 6.98.